The summed E-state index contributed by atoms with van der Waals surface area (Å²) in [6, 6.07) is 10.7. The first-order valence-corrected chi connectivity index (χ1v) is 8.81. The second-order valence-corrected chi connectivity index (χ2v) is 7.34. The molecule has 120 valence electrons. The summed E-state index contributed by atoms with van der Waals surface area (Å²) in [5.74, 6) is -0.770. The van der Waals surface area contributed by atoms with Crippen LogP contribution in [-0.4, -0.2) is 26.1 Å². The molecular weight excluding hydrogens is 410 g/mol. The predicted molar refractivity (Wildman–Crippen MR) is 101 cm³/mol. The van der Waals surface area contributed by atoms with Gasteiger partial charge in [0.15, 0.2) is 4.32 Å². The van der Waals surface area contributed by atoms with E-state index in [1.807, 2.05) is 24.3 Å². The van der Waals surface area contributed by atoms with Crippen LogP contribution in [0.2, 0.25) is 0 Å². The summed E-state index contributed by atoms with van der Waals surface area (Å²) >= 11 is 9.71. The molecule has 2 aromatic rings. The number of nitrogens with one attached hydrogen (secondary N) is 1. The van der Waals surface area contributed by atoms with E-state index in [4.69, 9.17) is 12.2 Å². The normalized spacial score (nSPS) is 15.9. The van der Waals surface area contributed by atoms with Crippen LogP contribution in [0.3, 0.4) is 0 Å². The van der Waals surface area contributed by atoms with Gasteiger partial charge < -0.3 is 0 Å². The molecule has 0 unspecified atom stereocenters. The molecule has 8 heteroatoms. The Hall–Kier alpha value is -2.03. The molecule has 24 heavy (non-hydrogen) atoms. The van der Waals surface area contributed by atoms with Crippen LogP contribution in [0.25, 0.3) is 6.08 Å². The van der Waals surface area contributed by atoms with Crippen molar-refractivity contribution in [3.05, 3.63) is 69.3 Å². The Balaban J connectivity index is 1.77. The Bertz CT molecular complexity index is 838. The van der Waals surface area contributed by atoms with Crippen molar-refractivity contribution in [2.75, 3.05) is 0 Å². The largest absolute Gasteiger partial charge is 0.285 e. The van der Waals surface area contributed by atoms with E-state index in [1.54, 1.807) is 18.2 Å². The fraction of sp³-hybridized carbons (Fsp3) is 0. The lowest BCUT2D eigenvalue weighted by molar-refractivity contribution is -0.123. The van der Waals surface area contributed by atoms with Gasteiger partial charge in [-0.2, -0.15) is 5.01 Å². The second kappa shape index (κ2) is 7.25. The first kappa shape index (κ1) is 16.8. The van der Waals surface area contributed by atoms with Gasteiger partial charge in [-0.1, -0.05) is 39.8 Å². The van der Waals surface area contributed by atoms with Gasteiger partial charge in [-0.3, -0.25) is 20.0 Å². The summed E-state index contributed by atoms with van der Waals surface area (Å²) in [6.45, 7) is 0. The van der Waals surface area contributed by atoms with Gasteiger partial charge in [-0.15, -0.1) is 0 Å². The fourth-order valence-corrected chi connectivity index (χ4v) is 3.39. The van der Waals surface area contributed by atoms with E-state index in [0.29, 0.717) is 10.5 Å². The topological polar surface area (TPSA) is 62.3 Å². The van der Waals surface area contributed by atoms with Gasteiger partial charge in [0.1, 0.15) is 0 Å². The van der Waals surface area contributed by atoms with Gasteiger partial charge in [-0.05, 0) is 48.1 Å². The molecule has 1 aliphatic heterocycles. The Labute approximate surface area is 156 Å². The maximum atomic E-state index is 12.5. The van der Waals surface area contributed by atoms with Gasteiger partial charge in [-0.25, -0.2) is 0 Å². The van der Waals surface area contributed by atoms with Crippen molar-refractivity contribution in [1.29, 1.82) is 0 Å². The number of pyridine rings is 1. The van der Waals surface area contributed by atoms with E-state index in [9.17, 15) is 9.59 Å². The lowest BCUT2D eigenvalue weighted by Gasteiger charge is -2.15. The number of carbonyl (C=O) groups is 2. The van der Waals surface area contributed by atoms with Crippen LogP contribution in [0, 0.1) is 0 Å². The number of aromatic nitrogens is 1. The van der Waals surface area contributed by atoms with E-state index in [1.165, 1.54) is 12.4 Å². The molecule has 2 amide bonds. The number of amides is 2. The number of halogens is 1. The van der Waals surface area contributed by atoms with Gasteiger partial charge in [0.05, 0.1) is 4.91 Å². The monoisotopic (exact) mass is 419 g/mol. The zero-order chi connectivity index (χ0) is 17.1. The molecule has 0 aliphatic carbocycles. The average Bonchev–Trinajstić information content (AvgIpc) is 2.85. The number of hydrazine groups is 1. The van der Waals surface area contributed by atoms with Crippen LogP contribution in [0.1, 0.15) is 15.9 Å². The molecule has 1 aromatic carbocycles. The van der Waals surface area contributed by atoms with Crippen LogP contribution in [0.15, 0.2) is 58.2 Å². The molecule has 0 bridgehead atoms. The van der Waals surface area contributed by atoms with Crippen LogP contribution >= 0.6 is 39.9 Å². The molecular formula is C16H10BrN3O2S2. The number of nitrogens with zero attached hydrogens (tertiary/aromatic N) is 2. The zero-order valence-corrected chi connectivity index (χ0v) is 15.3. The molecule has 0 spiro atoms. The molecule has 1 saturated heterocycles. The minimum atomic E-state index is -0.418. The van der Waals surface area contributed by atoms with Gasteiger partial charge in [0, 0.05) is 22.4 Å². The van der Waals surface area contributed by atoms with Gasteiger partial charge in [0.2, 0.25) is 0 Å². The maximum Gasteiger partial charge on any atom is 0.285 e. The molecule has 0 radical (unpaired) electrons. The Morgan fingerprint density at radius 1 is 1.21 bits per heavy atom. The standard InChI is InChI=1S/C16H10BrN3O2S2/c17-12-3-1-10(2-4-12)9-13-15(22)20(16(23)24-13)19-14(21)11-5-7-18-8-6-11/h1-9H,(H,19,21). The summed E-state index contributed by atoms with van der Waals surface area (Å²) in [5, 5.41) is 1.09. The summed E-state index contributed by atoms with van der Waals surface area (Å²) in [4.78, 5) is 28.9. The molecule has 0 atom stereocenters. The number of thioether (sulfide) groups is 1. The summed E-state index contributed by atoms with van der Waals surface area (Å²) in [6.07, 6.45) is 4.75. The molecule has 1 aliphatic rings. The minimum Gasteiger partial charge on any atom is -0.267 e. The van der Waals surface area contributed by atoms with E-state index in [2.05, 4.69) is 26.3 Å². The minimum absolute atomic E-state index is 0.283. The Morgan fingerprint density at radius 2 is 1.88 bits per heavy atom. The highest BCUT2D eigenvalue weighted by Gasteiger charge is 2.33. The molecule has 1 aromatic heterocycles. The number of carbonyl (C=O) groups excluding carboxylic acids is 2. The average molecular weight is 420 g/mol. The lowest BCUT2D eigenvalue weighted by atomic mass is 10.2. The van der Waals surface area contributed by atoms with Gasteiger partial charge in [0.25, 0.3) is 11.8 Å². The Kier molecular flexibility index (Phi) is 5.08. The summed E-state index contributed by atoms with van der Waals surface area (Å²) in [5.41, 5.74) is 3.80. The first-order chi connectivity index (χ1) is 11.5. The van der Waals surface area contributed by atoms with Crippen molar-refractivity contribution in [2.45, 2.75) is 0 Å². The zero-order valence-electron chi connectivity index (χ0n) is 12.1. The first-order valence-electron chi connectivity index (χ1n) is 6.79. The van der Waals surface area contributed by atoms with E-state index in [0.717, 1.165) is 26.8 Å². The highest BCUT2D eigenvalue weighted by molar-refractivity contribution is 9.10. The number of thiocarbonyl (C=S) groups is 1. The third kappa shape index (κ3) is 3.72. The predicted octanol–water partition coefficient (Wildman–Crippen LogP) is 3.39. The number of hydrogen-bond donors (Lipinski definition) is 1. The van der Waals surface area contributed by atoms with Crippen LogP contribution in [0.5, 0.6) is 0 Å². The van der Waals surface area contributed by atoms with Gasteiger partial charge >= 0.3 is 0 Å². The number of hydrogen-bond acceptors (Lipinski definition) is 5. The van der Waals surface area contributed by atoms with Crippen molar-refractivity contribution >= 4 is 62.1 Å². The third-order valence-corrected chi connectivity index (χ3v) is 4.95. The summed E-state index contributed by atoms with van der Waals surface area (Å²) in [7, 11) is 0. The van der Waals surface area contributed by atoms with E-state index in [-0.39, 0.29) is 10.2 Å². The van der Waals surface area contributed by atoms with E-state index >= 15 is 0 Å². The molecule has 2 heterocycles. The highest BCUT2D eigenvalue weighted by atomic mass is 79.9. The molecule has 0 saturated carbocycles. The highest BCUT2D eigenvalue weighted by Crippen LogP contribution is 2.31. The number of rotatable bonds is 3. The lowest BCUT2D eigenvalue weighted by Crippen LogP contribution is -2.44. The van der Waals surface area contributed by atoms with Crippen LogP contribution in [-0.2, 0) is 4.79 Å². The molecule has 1 fully saturated rings. The fourth-order valence-electron chi connectivity index (χ4n) is 1.94. The van der Waals surface area contributed by atoms with Crippen molar-refractivity contribution in [2.24, 2.45) is 0 Å². The van der Waals surface area contributed by atoms with Crippen LogP contribution < -0.4 is 5.43 Å². The second-order valence-electron chi connectivity index (χ2n) is 4.75. The molecule has 5 nitrogen and oxygen atoms in total. The Morgan fingerprint density at radius 3 is 2.54 bits per heavy atom. The summed E-state index contributed by atoms with van der Waals surface area (Å²) < 4.78 is 1.24. The molecule has 3 rings (SSSR count). The van der Waals surface area contributed by atoms with Crippen molar-refractivity contribution in [1.82, 2.24) is 15.4 Å². The smallest absolute Gasteiger partial charge is 0.267 e. The van der Waals surface area contributed by atoms with Crippen molar-refractivity contribution in [3.8, 4) is 0 Å². The van der Waals surface area contributed by atoms with Crippen molar-refractivity contribution < 1.29 is 9.59 Å². The van der Waals surface area contributed by atoms with Crippen LogP contribution in [0.4, 0.5) is 0 Å². The maximum absolute atomic E-state index is 12.5. The third-order valence-electron chi connectivity index (χ3n) is 3.12. The quantitative estimate of drug-likeness (QED) is 0.610. The molecule has 1 N–H and O–H groups in total. The van der Waals surface area contributed by atoms with E-state index < -0.39 is 5.91 Å². The SMILES string of the molecule is O=C(NN1C(=O)C(=Cc2ccc(Br)cc2)SC1=S)c1ccncc1. The van der Waals surface area contributed by atoms with Crippen molar-refractivity contribution in [3.63, 3.8) is 0 Å². The number of benzene rings is 1.